The lowest BCUT2D eigenvalue weighted by Gasteiger charge is -2.34. The van der Waals surface area contributed by atoms with Gasteiger partial charge in [0.1, 0.15) is 6.61 Å². The zero-order chi connectivity index (χ0) is 15.2. The van der Waals surface area contributed by atoms with Crippen LogP contribution in [0.1, 0.15) is 33.6 Å². The Morgan fingerprint density at radius 2 is 1.90 bits per heavy atom. The monoisotopic (exact) mass is 285 g/mol. The Kier molecular flexibility index (Phi) is 6.42. The minimum Gasteiger partial charge on any atom is -0.375 e. The number of ether oxygens (including phenoxy) is 1. The molecule has 1 heterocycles. The van der Waals surface area contributed by atoms with Crippen molar-refractivity contribution >= 4 is 11.8 Å². The molecule has 0 unspecified atom stereocenters. The Morgan fingerprint density at radius 1 is 1.30 bits per heavy atom. The number of nitrogens with zero attached hydrogens (tertiary/aromatic N) is 1. The molecule has 1 fully saturated rings. The van der Waals surface area contributed by atoms with Crippen LogP contribution in [0.4, 0.5) is 0 Å². The number of rotatable bonds is 6. The molecule has 1 aliphatic rings. The second-order valence-corrected chi connectivity index (χ2v) is 5.72. The number of likely N-dealkylation sites (tertiary alicyclic amines) is 1. The summed E-state index contributed by atoms with van der Waals surface area (Å²) in [7, 11) is 1.52. The van der Waals surface area contributed by atoms with E-state index in [2.05, 4.69) is 10.6 Å². The normalized spacial score (nSPS) is 17.1. The van der Waals surface area contributed by atoms with Gasteiger partial charge in [-0.25, -0.2) is 0 Å². The summed E-state index contributed by atoms with van der Waals surface area (Å²) < 4.78 is 4.85. The van der Waals surface area contributed by atoms with Gasteiger partial charge in [-0.2, -0.15) is 0 Å². The van der Waals surface area contributed by atoms with E-state index in [-0.39, 0.29) is 24.5 Å². The highest BCUT2D eigenvalue weighted by atomic mass is 16.5. The molecule has 2 N–H and O–H groups in total. The molecule has 116 valence electrons. The Bertz CT molecular complexity index is 337. The van der Waals surface area contributed by atoms with E-state index in [0.29, 0.717) is 13.1 Å². The maximum Gasteiger partial charge on any atom is 0.248 e. The summed E-state index contributed by atoms with van der Waals surface area (Å²) in [6.45, 7) is 7.97. The predicted molar refractivity (Wildman–Crippen MR) is 77.4 cm³/mol. The van der Waals surface area contributed by atoms with Gasteiger partial charge in [0.25, 0.3) is 0 Å². The fourth-order valence-corrected chi connectivity index (χ4v) is 2.38. The molecule has 1 aliphatic heterocycles. The van der Waals surface area contributed by atoms with E-state index in [4.69, 9.17) is 4.74 Å². The number of carbonyl (C=O) groups excluding carboxylic acids is 2. The number of piperidine rings is 1. The molecule has 6 nitrogen and oxygen atoms in total. The Balaban J connectivity index is 2.39. The summed E-state index contributed by atoms with van der Waals surface area (Å²) in [6, 6.07) is 0.145. The van der Waals surface area contributed by atoms with E-state index < -0.39 is 5.54 Å². The molecule has 0 radical (unpaired) electrons. The van der Waals surface area contributed by atoms with Gasteiger partial charge in [0.2, 0.25) is 11.8 Å². The van der Waals surface area contributed by atoms with Gasteiger partial charge in [0, 0.05) is 26.2 Å². The summed E-state index contributed by atoms with van der Waals surface area (Å²) >= 11 is 0. The average molecular weight is 285 g/mol. The van der Waals surface area contributed by atoms with E-state index >= 15 is 0 Å². The molecular formula is C14H27N3O3. The molecule has 6 heteroatoms. The number of methoxy groups -OCH3 is 1. The largest absolute Gasteiger partial charge is 0.375 e. The maximum atomic E-state index is 12.2. The number of hydrogen-bond donors (Lipinski definition) is 2. The van der Waals surface area contributed by atoms with Gasteiger partial charge < -0.3 is 20.3 Å². The second-order valence-electron chi connectivity index (χ2n) is 5.72. The topological polar surface area (TPSA) is 70.7 Å². The van der Waals surface area contributed by atoms with Crippen molar-refractivity contribution in [1.29, 1.82) is 0 Å². The number of likely N-dealkylation sites (N-methyl/N-ethyl adjacent to an activating group) is 1. The van der Waals surface area contributed by atoms with Crippen molar-refractivity contribution in [2.24, 2.45) is 0 Å². The molecule has 1 rings (SSSR count). The molecule has 0 saturated carbocycles. The van der Waals surface area contributed by atoms with Crippen molar-refractivity contribution in [3.63, 3.8) is 0 Å². The molecule has 0 aromatic carbocycles. The molecule has 0 atom stereocenters. The van der Waals surface area contributed by atoms with Crippen LogP contribution < -0.4 is 10.6 Å². The van der Waals surface area contributed by atoms with Crippen LogP contribution >= 0.6 is 0 Å². The lowest BCUT2D eigenvalue weighted by Crippen LogP contribution is -2.56. The van der Waals surface area contributed by atoms with Crippen molar-refractivity contribution in [3.05, 3.63) is 0 Å². The molecule has 1 saturated heterocycles. The Hall–Kier alpha value is -1.14. The third-order valence-electron chi connectivity index (χ3n) is 3.64. The smallest absolute Gasteiger partial charge is 0.248 e. The highest BCUT2D eigenvalue weighted by molar-refractivity contribution is 5.85. The summed E-state index contributed by atoms with van der Waals surface area (Å²) in [5.74, 6) is 0.0336. The fraction of sp³-hybridized carbons (Fsp3) is 0.857. The third kappa shape index (κ3) is 4.76. The molecule has 0 aromatic rings. The van der Waals surface area contributed by atoms with Crippen LogP contribution in [0.2, 0.25) is 0 Å². The SMILES string of the molecule is CCNC(C)(C)C(=O)NC1CCN(C(=O)COC)CC1. The quantitative estimate of drug-likeness (QED) is 0.728. The minimum absolute atomic E-state index is 0.0148. The van der Waals surface area contributed by atoms with Gasteiger partial charge in [0.15, 0.2) is 0 Å². The second kappa shape index (κ2) is 7.59. The van der Waals surface area contributed by atoms with E-state index in [1.165, 1.54) is 7.11 Å². The van der Waals surface area contributed by atoms with Crippen LogP contribution in [0.25, 0.3) is 0 Å². The van der Waals surface area contributed by atoms with Crippen molar-refractivity contribution in [2.75, 3.05) is 33.4 Å². The van der Waals surface area contributed by atoms with Crippen LogP contribution in [0.5, 0.6) is 0 Å². The van der Waals surface area contributed by atoms with E-state index in [9.17, 15) is 9.59 Å². The maximum absolute atomic E-state index is 12.2. The van der Waals surface area contributed by atoms with Crippen molar-refractivity contribution in [2.45, 2.75) is 45.2 Å². The van der Waals surface area contributed by atoms with E-state index in [1.54, 1.807) is 4.90 Å². The van der Waals surface area contributed by atoms with Crippen LogP contribution in [-0.2, 0) is 14.3 Å². The molecule has 0 aliphatic carbocycles. The molecule has 20 heavy (non-hydrogen) atoms. The lowest BCUT2D eigenvalue weighted by atomic mass is 10.0. The first kappa shape index (κ1) is 16.9. The van der Waals surface area contributed by atoms with Gasteiger partial charge in [0.05, 0.1) is 5.54 Å². The molecule has 0 spiro atoms. The Labute approximate surface area is 121 Å². The first-order valence-corrected chi connectivity index (χ1v) is 7.23. The van der Waals surface area contributed by atoms with Gasteiger partial charge >= 0.3 is 0 Å². The highest BCUT2D eigenvalue weighted by Crippen LogP contribution is 2.12. The summed E-state index contributed by atoms with van der Waals surface area (Å²) in [6.07, 6.45) is 1.59. The first-order chi connectivity index (χ1) is 9.40. The first-order valence-electron chi connectivity index (χ1n) is 7.23. The van der Waals surface area contributed by atoms with Gasteiger partial charge in [-0.15, -0.1) is 0 Å². The number of hydrogen-bond acceptors (Lipinski definition) is 4. The van der Waals surface area contributed by atoms with Crippen molar-refractivity contribution < 1.29 is 14.3 Å². The summed E-state index contributed by atoms with van der Waals surface area (Å²) in [5.41, 5.74) is -0.558. The zero-order valence-electron chi connectivity index (χ0n) is 13.0. The van der Waals surface area contributed by atoms with Gasteiger partial charge in [-0.1, -0.05) is 6.92 Å². The lowest BCUT2D eigenvalue weighted by molar-refractivity contribution is -0.136. The number of nitrogens with one attached hydrogen (secondary N) is 2. The van der Waals surface area contributed by atoms with Crippen LogP contribution in [0.15, 0.2) is 0 Å². The average Bonchev–Trinajstić information content (AvgIpc) is 2.39. The zero-order valence-corrected chi connectivity index (χ0v) is 13.0. The highest BCUT2D eigenvalue weighted by Gasteiger charge is 2.30. The summed E-state index contributed by atoms with van der Waals surface area (Å²) in [4.78, 5) is 25.6. The molecular weight excluding hydrogens is 258 g/mol. The standard InChI is InChI=1S/C14H27N3O3/c1-5-15-14(2,3)13(19)16-11-6-8-17(9-7-11)12(18)10-20-4/h11,15H,5-10H2,1-4H3,(H,16,19). The van der Waals surface area contributed by atoms with Crippen LogP contribution in [-0.4, -0.2) is 61.6 Å². The Morgan fingerprint density at radius 3 is 2.40 bits per heavy atom. The third-order valence-corrected chi connectivity index (χ3v) is 3.64. The van der Waals surface area contributed by atoms with Crippen molar-refractivity contribution in [3.8, 4) is 0 Å². The molecule has 0 bridgehead atoms. The van der Waals surface area contributed by atoms with E-state index in [0.717, 1.165) is 19.4 Å². The molecule has 0 aromatic heterocycles. The van der Waals surface area contributed by atoms with Gasteiger partial charge in [-0.3, -0.25) is 9.59 Å². The predicted octanol–water partition coefficient (Wildman–Crippen LogP) is 0.128. The van der Waals surface area contributed by atoms with Crippen molar-refractivity contribution in [1.82, 2.24) is 15.5 Å². The minimum atomic E-state index is -0.558. The number of carbonyl (C=O) groups is 2. The van der Waals surface area contributed by atoms with Crippen LogP contribution in [0, 0.1) is 0 Å². The van der Waals surface area contributed by atoms with E-state index in [1.807, 2.05) is 20.8 Å². The van der Waals surface area contributed by atoms with Crippen LogP contribution in [0.3, 0.4) is 0 Å². The van der Waals surface area contributed by atoms with Gasteiger partial charge in [-0.05, 0) is 33.2 Å². The number of amides is 2. The summed E-state index contributed by atoms with van der Waals surface area (Å²) in [5, 5.41) is 6.23. The fourth-order valence-electron chi connectivity index (χ4n) is 2.38. The molecule has 2 amide bonds.